The van der Waals surface area contributed by atoms with Crippen molar-refractivity contribution >= 4 is 64.6 Å². The lowest BCUT2D eigenvalue weighted by molar-refractivity contribution is -0.250. The summed E-state index contributed by atoms with van der Waals surface area (Å²) in [6, 6.07) is -2.09. The molecule has 0 unspecified atom stereocenters. The van der Waals surface area contributed by atoms with Crippen LogP contribution in [0.2, 0.25) is 10.0 Å². The number of amides is 7. The summed E-state index contributed by atoms with van der Waals surface area (Å²) < 4.78 is 55.4. The summed E-state index contributed by atoms with van der Waals surface area (Å²) in [5.74, 6) is -6.78. The number of aliphatic hydroxyl groups is 1. The fourth-order valence-corrected chi connectivity index (χ4v) is 8.07. The third-order valence-corrected chi connectivity index (χ3v) is 11.9. The zero-order valence-electron chi connectivity index (χ0n) is 35.5. The van der Waals surface area contributed by atoms with E-state index in [1.807, 2.05) is 20.8 Å². The lowest BCUT2D eigenvalue weighted by Crippen LogP contribution is -2.62. The molecular weight excluding hydrogens is 865 g/mol. The van der Waals surface area contributed by atoms with Crippen molar-refractivity contribution in [2.45, 2.75) is 134 Å². The Morgan fingerprint density at radius 3 is 2.32 bits per heavy atom. The maximum atomic E-state index is 14.7. The van der Waals surface area contributed by atoms with Crippen LogP contribution in [0.4, 0.5) is 17.6 Å². The molecule has 346 valence electrons. The van der Waals surface area contributed by atoms with Crippen LogP contribution in [-0.2, 0) is 40.0 Å². The molecule has 21 heteroatoms. The zero-order chi connectivity index (χ0) is 46.3. The Balaban J connectivity index is 1.66. The molecule has 1 saturated carbocycles. The van der Waals surface area contributed by atoms with Gasteiger partial charge in [-0.25, -0.2) is 4.39 Å². The minimum absolute atomic E-state index is 0.0145. The van der Waals surface area contributed by atoms with E-state index in [4.69, 9.17) is 23.2 Å². The van der Waals surface area contributed by atoms with E-state index < -0.39 is 108 Å². The molecule has 3 fully saturated rings. The van der Waals surface area contributed by atoms with Gasteiger partial charge in [0.05, 0.1) is 6.54 Å². The Labute approximate surface area is 368 Å². The second-order valence-electron chi connectivity index (χ2n) is 16.9. The first kappa shape index (κ1) is 50.4. The first-order valence-electron chi connectivity index (χ1n) is 20.9. The third kappa shape index (κ3) is 12.7. The van der Waals surface area contributed by atoms with E-state index in [-0.39, 0.29) is 64.6 Å². The number of nitrogens with zero attached hydrogens (tertiary/aromatic N) is 3. The second-order valence-corrected chi connectivity index (χ2v) is 17.7. The number of rotatable bonds is 12. The lowest BCUT2D eigenvalue weighted by Gasteiger charge is -2.36. The van der Waals surface area contributed by atoms with Crippen molar-refractivity contribution in [2.24, 2.45) is 11.8 Å². The molecule has 7 atom stereocenters. The summed E-state index contributed by atoms with van der Waals surface area (Å²) in [4.78, 5) is 99.5. The fraction of sp³-hybridized carbons (Fsp3) is 0.683. The topological polar surface area (TPSA) is 198 Å². The third-order valence-electron chi connectivity index (χ3n) is 11.3. The first-order chi connectivity index (χ1) is 29.0. The molecule has 62 heavy (non-hydrogen) atoms. The summed E-state index contributed by atoms with van der Waals surface area (Å²) in [5, 5.41) is 21.5. The molecule has 2 saturated heterocycles. The summed E-state index contributed by atoms with van der Waals surface area (Å²) in [5.41, 5.74) is -3.43. The van der Waals surface area contributed by atoms with Gasteiger partial charge in [0.2, 0.25) is 41.0 Å². The SMILES string of the molecule is CCCN1C(=O)[C@H](CC(C)C)NC(=O)[C@@H](N(C)C(=O)[C@@H](NC(=O)[C@@H]2C[C@@H](F)CN2C(=O)[C@@](C)(O)C(F)(F)F)C2CC2)CCNC(=O)CCCNC(=O)[C@@H]1Cc1cc(Cl)ccc1Cl. The van der Waals surface area contributed by atoms with Crippen molar-refractivity contribution in [3.8, 4) is 0 Å². The number of likely N-dealkylation sites (N-methyl/N-ethyl adjacent to an activating group) is 1. The molecule has 1 aromatic rings. The summed E-state index contributed by atoms with van der Waals surface area (Å²) in [7, 11) is 1.29. The molecule has 2 heterocycles. The van der Waals surface area contributed by atoms with Gasteiger partial charge in [-0.15, -0.1) is 0 Å². The Morgan fingerprint density at radius 1 is 1.03 bits per heavy atom. The minimum atomic E-state index is -5.44. The molecule has 1 aromatic carbocycles. The van der Waals surface area contributed by atoms with Crippen LogP contribution in [0.1, 0.15) is 84.6 Å². The van der Waals surface area contributed by atoms with Crippen molar-refractivity contribution in [1.82, 2.24) is 36.0 Å². The Hall–Kier alpha value is -4.23. The van der Waals surface area contributed by atoms with E-state index in [2.05, 4.69) is 21.3 Å². The van der Waals surface area contributed by atoms with Gasteiger partial charge in [-0.2, -0.15) is 13.2 Å². The molecule has 4 rings (SSSR count). The predicted octanol–water partition coefficient (Wildman–Crippen LogP) is 3.06. The van der Waals surface area contributed by atoms with Gasteiger partial charge in [0, 0.05) is 56.0 Å². The minimum Gasteiger partial charge on any atom is -0.373 e. The number of hydrogen-bond donors (Lipinski definition) is 5. The number of benzene rings is 1. The molecule has 15 nitrogen and oxygen atoms in total. The maximum Gasteiger partial charge on any atom is 0.426 e. The molecule has 2 aliphatic heterocycles. The number of nitrogens with one attached hydrogen (secondary N) is 4. The number of halogens is 6. The average molecular weight is 923 g/mol. The van der Waals surface area contributed by atoms with E-state index >= 15 is 0 Å². The van der Waals surface area contributed by atoms with Crippen LogP contribution in [0.15, 0.2) is 18.2 Å². The van der Waals surface area contributed by atoms with Crippen LogP contribution in [0, 0.1) is 11.8 Å². The van der Waals surface area contributed by atoms with Crippen LogP contribution in [0.5, 0.6) is 0 Å². The first-order valence-corrected chi connectivity index (χ1v) is 21.6. The Bertz CT molecular complexity index is 1840. The average Bonchev–Trinajstić information content (AvgIpc) is 3.96. The van der Waals surface area contributed by atoms with Gasteiger partial charge in [-0.1, -0.05) is 44.0 Å². The monoisotopic (exact) mass is 921 g/mol. The van der Waals surface area contributed by atoms with E-state index in [1.165, 1.54) is 11.9 Å². The second kappa shape index (κ2) is 21.4. The van der Waals surface area contributed by atoms with Gasteiger partial charge in [-0.3, -0.25) is 33.6 Å². The van der Waals surface area contributed by atoms with Crippen LogP contribution < -0.4 is 21.3 Å². The van der Waals surface area contributed by atoms with E-state index in [0.717, 1.165) is 4.90 Å². The maximum absolute atomic E-state index is 14.7. The van der Waals surface area contributed by atoms with Crippen LogP contribution in [0.3, 0.4) is 0 Å². The molecular formula is C41H57Cl2F4N7O8. The quantitative estimate of drug-likeness (QED) is 0.197. The van der Waals surface area contributed by atoms with E-state index in [1.54, 1.807) is 18.2 Å². The predicted molar refractivity (Wildman–Crippen MR) is 220 cm³/mol. The van der Waals surface area contributed by atoms with Crippen LogP contribution in [0.25, 0.3) is 0 Å². The van der Waals surface area contributed by atoms with Gasteiger partial charge in [-0.05, 0) is 81.0 Å². The van der Waals surface area contributed by atoms with Crippen molar-refractivity contribution < 1.29 is 56.2 Å². The number of alkyl halides is 4. The van der Waals surface area contributed by atoms with Crippen molar-refractivity contribution in [3.63, 3.8) is 0 Å². The van der Waals surface area contributed by atoms with E-state index in [0.29, 0.717) is 39.8 Å². The van der Waals surface area contributed by atoms with Gasteiger partial charge >= 0.3 is 6.18 Å². The molecule has 0 bridgehead atoms. The normalized spacial score (nSPS) is 25.1. The largest absolute Gasteiger partial charge is 0.426 e. The van der Waals surface area contributed by atoms with E-state index in [9.17, 15) is 56.2 Å². The highest BCUT2D eigenvalue weighted by Gasteiger charge is 2.59. The summed E-state index contributed by atoms with van der Waals surface area (Å²) in [6.07, 6.45) is -6.58. The molecule has 0 aromatic heterocycles. The fourth-order valence-electron chi connectivity index (χ4n) is 7.68. The number of carbonyl (C=O) groups is 7. The Kier molecular flexibility index (Phi) is 17.4. The van der Waals surface area contributed by atoms with Gasteiger partial charge in [0.1, 0.15) is 36.4 Å². The highest BCUT2D eigenvalue weighted by Crippen LogP contribution is 2.36. The zero-order valence-corrected chi connectivity index (χ0v) is 37.0. The van der Waals surface area contributed by atoms with Gasteiger partial charge < -0.3 is 41.1 Å². The lowest BCUT2D eigenvalue weighted by atomic mass is 9.98. The summed E-state index contributed by atoms with van der Waals surface area (Å²) in [6.45, 7) is 4.88. The summed E-state index contributed by atoms with van der Waals surface area (Å²) >= 11 is 12.8. The number of carbonyl (C=O) groups excluding carboxylic acids is 7. The molecule has 0 spiro atoms. The van der Waals surface area contributed by atoms with Crippen LogP contribution in [-0.4, -0.2) is 143 Å². The van der Waals surface area contributed by atoms with Crippen molar-refractivity contribution in [2.75, 3.05) is 33.2 Å². The molecule has 7 amide bonds. The van der Waals surface area contributed by atoms with Crippen molar-refractivity contribution in [1.29, 1.82) is 0 Å². The standard InChI is InChI=1S/C41H57Cl2F4N7O8/c1-6-16-53-30(19-24-18-25(42)11-12-27(24)43)34(56)49-14-7-8-32(55)48-15-13-29(35(57)50-28(37(53)59)17-22(2)3)52(5)38(60)33(23-9-10-23)51-36(58)31-20-26(44)21-54(31)39(61)40(4,62)41(45,46)47/h11-12,18,22-23,26,28-31,33,62H,6-10,13-17,19-21H2,1-5H3,(H,48,55)(H,49,56)(H,50,57)(H,51,58)/t26-,28+,29+,30+,31+,33+,40-/m1/s1. The van der Waals surface area contributed by atoms with Gasteiger partial charge in [0.25, 0.3) is 5.91 Å². The molecule has 0 radical (unpaired) electrons. The highest BCUT2D eigenvalue weighted by atomic mass is 35.5. The highest BCUT2D eigenvalue weighted by molar-refractivity contribution is 6.33. The Morgan fingerprint density at radius 2 is 1.71 bits per heavy atom. The smallest absolute Gasteiger partial charge is 0.373 e. The van der Waals surface area contributed by atoms with Gasteiger partial charge in [0.15, 0.2) is 0 Å². The number of likely N-dealkylation sites (tertiary alicyclic amines) is 1. The van der Waals surface area contributed by atoms with Crippen LogP contribution >= 0.6 is 23.2 Å². The molecule has 3 aliphatic rings. The molecule has 1 aliphatic carbocycles. The molecule has 5 N–H and O–H groups in total. The number of hydrogen-bond acceptors (Lipinski definition) is 8. The van der Waals surface area contributed by atoms with Crippen molar-refractivity contribution in [3.05, 3.63) is 33.8 Å².